The van der Waals surface area contributed by atoms with Gasteiger partial charge in [0.05, 0.1) is 6.04 Å². The van der Waals surface area contributed by atoms with Crippen molar-refractivity contribution in [2.24, 2.45) is 17.6 Å². The van der Waals surface area contributed by atoms with Gasteiger partial charge in [-0.2, -0.15) is 0 Å². The molecule has 0 radical (unpaired) electrons. The topological polar surface area (TPSA) is 59.2 Å². The molecule has 2 rings (SSSR count). The zero-order valence-corrected chi connectivity index (χ0v) is 13.2. The van der Waals surface area contributed by atoms with Crippen LogP contribution in [0.3, 0.4) is 0 Å². The van der Waals surface area contributed by atoms with Crippen LogP contribution in [0.1, 0.15) is 51.1 Å². The normalized spacial score (nSPS) is 20.0. The first-order valence-electron chi connectivity index (χ1n) is 8.01. The molecule has 1 aromatic rings. The third kappa shape index (κ3) is 4.27. The quantitative estimate of drug-likeness (QED) is 0.876. The Morgan fingerprint density at radius 1 is 1.52 bits per heavy atom. The van der Waals surface area contributed by atoms with E-state index in [0.29, 0.717) is 24.8 Å². The van der Waals surface area contributed by atoms with E-state index in [2.05, 4.69) is 24.9 Å². The molecule has 0 aromatic carbocycles. The van der Waals surface area contributed by atoms with E-state index in [-0.39, 0.29) is 11.9 Å². The summed E-state index contributed by atoms with van der Waals surface area (Å²) in [6.07, 6.45) is 7.36. The predicted molar refractivity (Wildman–Crippen MR) is 84.5 cm³/mol. The van der Waals surface area contributed by atoms with Crippen molar-refractivity contribution in [3.8, 4) is 0 Å². The fourth-order valence-corrected chi connectivity index (χ4v) is 3.28. The van der Waals surface area contributed by atoms with Gasteiger partial charge in [0.25, 0.3) is 0 Å². The number of hydrogen-bond donors (Lipinski definition) is 1. The second-order valence-electron chi connectivity index (χ2n) is 6.47. The molecule has 1 aromatic heterocycles. The number of rotatable bonds is 6. The monoisotopic (exact) mass is 289 g/mol. The maximum absolute atomic E-state index is 12.6. The van der Waals surface area contributed by atoms with Gasteiger partial charge in [0.15, 0.2) is 0 Å². The Bertz CT molecular complexity index is 447. The molecule has 0 aliphatic carbocycles. The van der Waals surface area contributed by atoms with Crippen LogP contribution in [0, 0.1) is 11.8 Å². The summed E-state index contributed by atoms with van der Waals surface area (Å²) < 4.78 is 0. The first-order chi connectivity index (χ1) is 10.1. The van der Waals surface area contributed by atoms with Crippen LogP contribution in [0.15, 0.2) is 24.5 Å². The highest BCUT2D eigenvalue weighted by Gasteiger charge is 2.30. The van der Waals surface area contributed by atoms with Crippen molar-refractivity contribution in [1.29, 1.82) is 0 Å². The lowest BCUT2D eigenvalue weighted by Crippen LogP contribution is -2.33. The summed E-state index contributed by atoms with van der Waals surface area (Å²) in [5, 5.41) is 0. The van der Waals surface area contributed by atoms with Gasteiger partial charge in [0.1, 0.15) is 0 Å². The lowest BCUT2D eigenvalue weighted by molar-refractivity contribution is -0.133. The molecule has 0 spiro atoms. The molecule has 0 bridgehead atoms. The maximum atomic E-state index is 12.6. The van der Waals surface area contributed by atoms with Gasteiger partial charge in [-0.1, -0.05) is 19.9 Å². The van der Waals surface area contributed by atoms with Crippen LogP contribution in [0.2, 0.25) is 0 Å². The largest absolute Gasteiger partial charge is 0.336 e. The fraction of sp³-hybridized carbons (Fsp3) is 0.647. The van der Waals surface area contributed by atoms with E-state index < -0.39 is 0 Å². The van der Waals surface area contributed by atoms with E-state index in [4.69, 9.17) is 5.73 Å². The van der Waals surface area contributed by atoms with Crippen molar-refractivity contribution >= 4 is 5.91 Å². The Morgan fingerprint density at radius 2 is 2.33 bits per heavy atom. The second kappa shape index (κ2) is 7.55. The molecular weight excluding hydrogens is 262 g/mol. The van der Waals surface area contributed by atoms with Gasteiger partial charge >= 0.3 is 0 Å². The number of amides is 1. The van der Waals surface area contributed by atoms with Crippen LogP contribution in [-0.2, 0) is 4.79 Å². The molecule has 1 saturated heterocycles. The SMILES string of the molecule is CC(C)C[C@H](CN)CC(=O)N1CCCC1c1cccnc1. The Balaban J connectivity index is 2.00. The Labute approximate surface area is 127 Å². The molecule has 0 saturated carbocycles. The van der Waals surface area contributed by atoms with Gasteiger partial charge < -0.3 is 10.6 Å². The second-order valence-corrected chi connectivity index (χ2v) is 6.47. The van der Waals surface area contributed by atoms with Crippen LogP contribution >= 0.6 is 0 Å². The van der Waals surface area contributed by atoms with Gasteiger partial charge in [-0.25, -0.2) is 0 Å². The average molecular weight is 289 g/mol. The number of carbonyl (C=O) groups excluding carboxylic acids is 1. The zero-order valence-electron chi connectivity index (χ0n) is 13.2. The van der Waals surface area contributed by atoms with E-state index in [0.717, 1.165) is 31.4 Å². The van der Waals surface area contributed by atoms with E-state index in [1.54, 1.807) is 6.20 Å². The molecule has 1 amide bonds. The molecule has 4 nitrogen and oxygen atoms in total. The summed E-state index contributed by atoms with van der Waals surface area (Å²) in [5.41, 5.74) is 6.98. The molecular formula is C17H27N3O. The van der Waals surface area contributed by atoms with E-state index in [1.165, 1.54) is 0 Å². The van der Waals surface area contributed by atoms with Gasteiger partial charge in [0.2, 0.25) is 5.91 Å². The van der Waals surface area contributed by atoms with Crippen molar-refractivity contribution in [2.75, 3.05) is 13.1 Å². The van der Waals surface area contributed by atoms with Gasteiger partial charge in [-0.05, 0) is 49.3 Å². The molecule has 2 N–H and O–H groups in total. The van der Waals surface area contributed by atoms with E-state index >= 15 is 0 Å². The Morgan fingerprint density at radius 3 is 2.95 bits per heavy atom. The number of aromatic nitrogens is 1. The lowest BCUT2D eigenvalue weighted by Gasteiger charge is -2.27. The molecule has 2 heterocycles. The summed E-state index contributed by atoms with van der Waals surface area (Å²) in [5.74, 6) is 1.13. The van der Waals surface area contributed by atoms with E-state index in [9.17, 15) is 4.79 Å². The van der Waals surface area contributed by atoms with Crippen molar-refractivity contribution in [2.45, 2.75) is 45.6 Å². The first-order valence-corrected chi connectivity index (χ1v) is 8.01. The Kier molecular flexibility index (Phi) is 5.74. The van der Waals surface area contributed by atoms with E-state index in [1.807, 2.05) is 17.2 Å². The van der Waals surface area contributed by atoms with Gasteiger partial charge in [-0.3, -0.25) is 9.78 Å². The number of likely N-dealkylation sites (tertiary alicyclic amines) is 1. The molecule has 2 atom stereocenters. The van der Waals surface area contributed by atoms with Crippen molar-refractivity contribution in [3.63, 3.8) is 0 Å². The number of pyridine rings is 1. The van der Waals surface area contributed by atoms with Gasteiger partial charge in [-0.15, -0.1) is 0 Å². The molecule has 1 aliphatic heterocycles. The highest BCUT2D eigenvalue weighted by molar-refractivity contribution is 5.77. The minimum Gasteiger partial charge on any atom is -0.336 e. The molecule has 1 aliphatic rings. The summed E-state index contributed by atoms with van der Waals surface area (Å²) in [7, 11) is 0. The lowest BCUT2D eigenvalue weighted by atomic mass is 9.93. The molecule has 1 unspecified atom stereocenters. The number of carbonyl (C=O) groups is 1. The standard InChI is InChI=1S/C17H27N3O/c1-13(2)9-14(11-18)10-17(21)20-8-4-6-16(20)15-5-3-7-19-12-15/h3,5,7,12-14,16H,4,6,8-11,18H2,1-2H3/t14-,16?/m0/s1. The zero-order chi connectivity index (χ0) is 15.2. The van der Waals surface area contributed by atoms with Crippen LogP contribution < -0.4 is 5.73 Å². The minimum absolute atomic E-state index is 0.198. The summed E-state index contributed by atoms with van der Waals surface area (Å²) >= 11 is 0. The number of nitrogens with two attached hydrogens (primary N) is 1. The van der Waals surface area contributed by atoms with Crippen molar-refractivity contribution < 1.29 is 4.79 Å². The minimum atomic E-state index is 0.198. The number of hydrogen-bond acceptors (Lipinski definition) is 3. The highest BCUT2D eigenvalue weighted by Crippen LogP contribution is 2.32. The molecule has 21 heavy (non-hydrogen) atoms. The highest BCUT2D eigenvalue weighted by atomic mass is 16.2. The first kappa shape index (κ1) is 16.0. The van der Waals surface area contributed by atoms with Crippen molar-refractivity contribution in [3.05, 3.63) is 30.1 Å². The summed E-state index contributed by atoms with van der Waals surface area (Å²) in [4.78, 5) is 18.8. The van der Waals surface area contributed by atoms with Crippen LogP contribution in [0.5, 0.6) is 0 Å². The summed E-state index contributed by atoms with van der Waals surface area (Å²) in [6, 6.07) is 4.21. The predicted octanol–water partition coefficient (Wildman–Crippen LogP) is 2.76. The third-order valence-electron chi connectivity index (χ3n) is 4.24. The average Bonchev–Trinajstić information content (AvgIpc) is 2.96. The van der Waals surface area contributed by atoms with Crippen molar-refractivity contribution in [1.82, 2.24) is 9.88 Å². The smallest absolute Gasteiger partial charge is 0.223 e. The number of nitrogens with zero attached hydrogens (tertiary/aromatic N) is 2. The molecule has 4 heteroatoms. The third-order valence-corrected chi connectivity index (χ3v) is 4.24. The summed E-state index contributed by atoms with van der Waals surface area (Å²) in [6.45, 7) is 5.82. The van der Waals surface area contributed by atoms with Crippen LogP contribution in [0.4, 0.5) is 0 Å². The maximum Gasteiger partial charge on any atom is 0.223 e. The molecule has 1 fully saturated rings. The van der Waals surface area contributed by atoms with Crippen LogP contribution in [0.25, 0.3) is 0 Å². The fourth-order valence-electron chi connectivity index (χ4n) is 3.28. The Hall–Kier alpha value is -1.42. The molecule has 116 valence electrons. The van der Waals surface area contributed by atoms with Crippen LogP contribution in [-0.4, -0.2) is 28.9 Å². The van der Waals surface area contributed by atoms with Gasteiger partial charge in [0, 0.05) is 25.4 Å².